The van der Waals surface area contributed by atoms with Gasteiger partial charge in [-0.3, -0.25) is 4.79 Å². The lowest BCUT2D eigenvalue weighted by atomic mass is 9.94. The number of thiophene rings is 1. The van der Waals surface area contributed by atoms with Gasteiger partial charge >= 0.3 is 0 Å². The van der Waals surface area contributed by atoms with Crippen molar-refractivity contribution >= 4 is 17.2 Å². The number of para-hydroxylation sites is 1. The van der Waals surface area contributed by atoms with Crippen LogP contribution in [0.15, 0.2) is 45.6 Å². The molecule has 7 heteroatoms. The van der Waals surface area contributed by atoms with Gasteiger partial charge in [-0.25, -0.2) is 0 Å². The minimum absolute atomic E-state index is 0.0154. The van der Waals surface area contributed by atoms with Gasteiger partial charge in [-0.05, 0) is 42.3 Å². The molecule has 1 amide bonds. The third-order valence-electron chi connectivity index (χ3n) is 4.85. The predicted octanol–water partition coefficient (Wildman–Crippen LogP) is 3.90. The van der Waals surface area contributed by atoms with Gasteiger partial charge in [0.05, 0.1) is 12.7 Å². The highest BCUT2D eigenvalue weighted by Crippen LogP contribution is 2.26. The molecule has 6 nitrogen and oxygen atoms in total. The fourth-order valence-electron chi connectivity index (χ4n) is 3.50. The van der Waals surface area contributed by atoms with Crippen LogP contribution in [0.2, 0.25) is 0 Å². The Hall–Kier alpha value is -2.67. The summed E-state index contributed by atoms with van der Waals surface area (Å²) < 4.78 is 10.8. The fraction of sp³-hybridized carbons (Fsp3) is 0.350. The lowest BCUT2D eigenvalue weighted by molar-refractivity contribution is 0.0665. The van der Waals surface area contributed by atoms with Crippen LogP contribution in [0.25, 0.3) is 11.4 Å². The van der Waals surface area contributed by atoms with Crippen LogP contribution >= 0.6 is 11.3 Å². The van der Waals surface area contributed by atoms with Crippen LogP contribution in [0.4, 0.5) is 0 Å². The molecule has 0 aliphatic carbocycles. The standard InChI is InChI=1S/C20H21N3O3S/c1-25-17-7-3-2-6-16(17)20(24)23-9-4-5-14(12-23)11-18-21-19(22-26-18)15-8-10-27-13-15/h2-3,6-8,10,13-14H,4-5,9,11-12H2,1H3. The van der Waals surface area contributed by atoms with Crippen LogP contribution < -0.4 is 4.74 Å². The Bertz CT molecular complexity index is 907. The van der Waals surface area contributed by atoms with E-state index in [-0.39, 0.29) is 5.91 Å². The molecule has 1 fully saturated rings. The van der Waals surface area contributed by atoms with E-state index in [0.717, 1.165) is 24.9 Å². The molecule has 140 valence electrons. The summed E-state index contributed by atoms with van der Waals surface area (Å²) in [6, 6.07) is 9.35. The fourth-order valence-corrected chi connectivity index (χ4v) is 4.14. The highest BCUT2D eigenvalue weighted by molar-refractivity contribution is 7.08. The van der Waals surface area contributed by atoms with Crippen LogP contribution in [0.1, 0.15) is 29.1 Å². The van der Waals surface area contributed by atoms with E-state index in [2.05, 4.69) is 10.1 Å². The third kappa shape index (κ3) is 3.88. The summed E-state index contributed by atoms with van der Waals surface area (Å²) in [5.74, 6) is 2.20. The number of carbonyl (C=O) groups excluding carboxylic acids is 1. The molecule has 0 N–H and O–H groups in total. The first kappa shape index (κ1) is 17.7. The summed E-state index contributed by atoms with van der Waals surface area (Å²) in [6.45, 7) is 1.45. The van der Waals surface area contributed by atoms with E-state index in [9.17, 15) is 4.79 Å². The summed E-state index contributed by atoms with van der Waals surface area (Å²) in [6.07, 6.45) is 2.70. The Labute approximate surface area is 161 Å². The maximum absolute atomic E-state index is 12.9. The second-order valence-corrected chi connectivity index (χ2v) is 7.47. The Kier molecular flexibility index (Phi) is 5.20. The number of nitrogens with zero attached hydrogens (tertiary/aromatic N) is 3. The SMILES string of the molecule is COc1ccccc1C(=O)N1CCCC(Cc2nc(-c3ccsc3)no2)C1. The number of piperidine rings is 1. The molecule has 1 saturated heterocycles. The van der Waals surface area contributed by atoms with Gasteiger partial charge < -0.3 is 14.2 Å². The van der Waals surface area contributed by atoms with Crippen LogP contribution in [0, 0.1) is 5.92 Å². The highest BCUT2D eigenvalue weighted by atomic mass is 32.1. The largest absolute Gasteiger partial charge is 0.496 e. The van der Waals surface area contributed by atoms with E-state index in [1.807, 2.05) is 46.0 Å². The molecule has 0 spiro atoms. The lowest BCUT2D eigenvalue weighted by Gasteiger charge is -2.32. The quantitative estimate of drug-likeness (QED) is 0.668. The zero-order valence-corrected chi connectivity index (χ0v) is 15.9. The average Bonchev–Trinajstić information content (AvgIpc) is 3.39. The molecule has 1 aliphatic heterocycles. The van der Waals surface area contributed by atoms with E-state index in [1.54, 1.807) is 18.4 Å². The van der Waals surface area contributed by atoms with Crippen molar-refractivity contribution in [2.45, 2.75) is 19.3 Å². The summed E-state index contributed by atoms with van der Waals surface area (Å²) in [4.78, 5) is 19.3. The summed E-state index contributed by atoms with van der Waals surface area (Å²) in [7, 11) is 1.59. The highest BCUT2D eigenvalue weighted by Gasteiger charge is 2.27. The molecule has 1 atom stereocenters. The van der Waals surface area contributed by atoms with Crippen molar-refractivity contribution < 1.29 is 14.1 Å². The second kappa shape index (κ2) is 7.92. The van der Waals surface area contributed by atoms with Crippen molar-refractivity contribution in [1.29, 1.82) is 0 Å². The minimum Gasteiger partial charge on any atom is -0.496 e. The molecule has 1 aromatic carbocycles. The number of aromatic nitrogens is 2. The van der Waals surface area contributed by atoms with Crippen molar-refractivity contribution in [1.82, 2.24) is 15.0 Å². The van der Waals surface area contributed by atoms with E-state index in [1.165, 1.54) is 0 Å². The molecule has 3 aromatic rings. The first-order chi connectivity index (χ1) is 13.2. The number of methoxy groups -OCH3 is 1. The topological polar surface area (TPSA) is 68.5 Å². The van der Waals surface area contributed by atoms with E-state index in [0.29, 0.717) is 41.9 Å². The predicted molar refractivity (Wildman–Crippen MR) is 103 cm³/mol. The zero-order valence-electron chi connectivity index (χ0n) is 15.1. The number of hydrogen-bond donors (Lipinski definition) is 0. The maximum Gasteiger partial charge on any atom is 0.257 e. The monoisotopic (exact) mass is 383 g/mol. The van der Waals surface area contributed by atoms with Gasteiger partial charge in [0.15, 0.2) is 0 Å². The summed E-state index contributed by atoms with van der Waals surface area (Å²) >= 11 is 1.61. The average molecular weight is 383 g/mol. The molecular weight excluding hydrogens is 362 g/mol. The molecule has 0 bridgehead atoms. The molecule has 3 heterocycles. The van der Waals surface area contributed by atoms with Gasteiger partial charge in [0.2, 0.25) is 11.7 Å². The van der Waals surface area contributed by atoms with Crippen molar-refractivity contribution in [2.75, 3.05) is 20.2 Å². The van der Waals surface area contributed by atoms with Crippen molar-refractivity contribution in [3.8, 4) is 17.1 Å². The van der Waals surface area contributed by atoms with Crippen LogP contribution in [-0.4, -0.2) is 41.1 Å². The van der Waals surface area contributed by atoms with Gasteiger partial charge in [0.1, 0.15) is 5.75 Å². The van der Waals surface area contributed by atoms with Gasteiger partial charge in [-0.2, -0.15) is 16.3 Å². The number of amides is 1. The summed E-state index contributed by atoms with van der Waals surface area (Å²) in [5, 5.41) is 8.07. The maximum atomic E-state index is 12.9. The first-order valence-electron chi connectivity index (χ1n) is 9.02. The van der Waals surface area contributed by atoms with Crippen molar-refractivity contribution in [3.63, 3.8) is 0 Å². The molecule has 1 unspecified atom stereocenters. The molecule has 0 saturated carbocycles. The lowest BCUT2D eigenvalue weighted by Crippen LogP contribution is -2.40. The van der Waals surface area contributed by atoms with Gasteiger partial charge in [-0.1, -0.05) is 17.3 Å². The van der Waals surface area contributed by atoms with Gasteiger partial charge in [0.25, 0.3) is 5.91 Å². The van der Waals surface area contributed by atoms with Crippen LogP contribution in [0.5, 0.6) is 5.75 Å². The zero-order chi connectivity index (χ0) is 18.6. The van der Waals surface area contributed by atoms with E-state index < -0.39 is 0 Å². The normalized spacial score (nSPS) is 17.1. The Balaban J connectivity index is 1.43. The van der Waals surface area contributed by atoms with E-state index >= 15 is 0 Å². The third-order valence-corrected chi connectivity index (χ3v) is 5.54. The van der Waals surface area contributed by atoms with Crippen molar-refractivity contribution in [3.05, 3.63) is 52.5 Å². The first-order valence-corrected chi connectivity index (χ1v) is 9.96. The molecule has 0 radical (unpaired) electrons. The molecule has 1 aliphatic rings. The van der Waals surface area contributed by atoms with Gasteiger partial charge in [0, 0.05) is 30.5 Å². The number of likely N-dealkylation sites (tertiary alicyclic amines) is 1. The number of benzene rings is 1. The Morgan fingerprint density at radius 3 is 3.07 bits per heavy atom. The van der Waals surface area contributed by atoms with Crippen molar-refractivity contribution in [2.24, 2.45) is 5.92 Å². The van der Waals surface area contributed by atoms with Gasteiger partial charge in [-0.15, -0.1) is 0 Å². The number of rotatable bonds is 5. The minimum atomic E-state index is 0.0154. The number of ether oxygens (including phenoxy) is 1. The number of carbonyl (C=O) groups is 1. The molecule has 4 rings (SSSR count). The molecule has 27 heavy (non-hydrogen) atoms. The Morgan fingerprint density at radius 1 is 1.37 bits per heavy atom. The smallest absolute Gasteiger partial charge is 0.257 e. The number of hydrogen-bond acceptors (Lipinski definition) is 6. The van der Waals surface area contributed by atoms with Crippen LogP contribution in [-0.2, 0) is 6.42 Å². The summed E-state index contributed by atoms with van der Waals surface area (Å²) in [5.41, 5.74) is 1.59. The van der Waals surface area contributed by atoms with E-state index in [4.69, 9.17) is 9.26 Å². The Morgan fingerprint density at radius 2 is 2.26 bits per heavy atom. The molecular formula is C20H21N3O3S. The van der Waals surface area contributed by atoms with Crippen LogP contribution in [0.3, 0.4) is 0 Å². The second-order valence-electron chi connectivity index (χ2n) is 6.69. The molecule has 2 aromatic heterocycles.